The molecule has 0 saturated carbocycles. The van der Waals surface area contributed by atoms with Gasteiger partial charge in [0.05, 0.1) is 12.7 Å². The lowest BCUT2D eigenvalue weighted by atomic mass is 10.1. The SMILES string of the molecule is N=Cc1cc(-n2ccc(OCc3ccccc3)cc2=O)ccc1NCCN1CC2CC1CO2. The van der Waals surface area contributed by atoms with Crippen molar-refractivity contribution in [2.45, 2.75) is 25.2 Å². The number of pyridine rings is 1. The van der Waals surface area contributed by atoms with Gasteiger partial charge in [-0.1, -0.05) is 30.3 Å². The van der Waals surface area contributed by atoms with Crippen molar-refractivity contribution in [1.82, 2.24) is 9.47 Å². The Labute approximate surface area is 193 Å². The highest BCUT2D eigenvalue weighted by Gasteiger charge is 2.38. The molecule has 0 radical (unpaired) electrons. The van der Waals surface area contributed by atoms with Crippen LogP contribution < -0.4 is 15.6 Å². The third kappa shape index (κ3) is 4.84. The van der Waals surface area contributed by atoms with E-state index in [1.807, 2.05) is 48.5 Å². The van der Waals surface area contributed by atoms with Crippen molar-refractivity contribution in [1.29, 1.82) is 5.41 Å². The summed E-state index contributed by atoms with van der Waals surface area (Å²) >= 11 is 0. The number of benzene rings is 2. The van der Waals surface area contributed by atoms with Crippen LogP contribution in [0.2, 0.25) is 0 Å². The second-order valence-corrected chi connectivity index (χ2v) is 8.53. The number of nitrogens with zero attached hydrogens (tertiary/aromatic N) is 2. The van der Waals surface area contributed by atoms with Crippen molar-refractivity contribution < 1.29 is 9.47 Å². The summed E-state index contributed by atoms with van der Waals surface area (Å²) in [5.41, 5.74) is 3.22. The topological polar surface area (TPSA) is 79.6 Å². The van der Waals surface area contributed by atoms with Crippen molar-refractivity contribution in [3.05, 3.63) is 88.3 Å². The third-order valence-electron chi connectivity index (χ3n) is 6.34. The van der Waals surface area contributed by atoms with E-state index in [4.69, 9.17) is 14.9 Å². The Bertz CT molecular complexity index is 1180. The van der Waals surface area contributed by atoms with Crippen molar-refractivity contribution in [2.75, 3.05) is 31.6 Å². The number of hydrogen-bond acceptors (Lipinski definition) is 6. The highest BCUT2D eigenvalue weighted by Crippen LogP contribution is 2.27. The van der Waals surface area contributed by atoms with Crippen LogP contribution in [0, 0.1) is 5.41 Å². The van der Waals surface area contributed by atoms with E-state index in [1.54, 1.807) is 16.8 Å². The van der Waals surface area contributed by atoms with E-state index in [-0.39, 0.29) is 5.56 Å². The van der Waals surface area contributed by atoms with Gasteiger partial charge in [0.25, 0.3) is 5.56 Å². The number of rotatable bonds is 9. The van der Waals surface area contributed by atoms with Gasteiger partial charge in [-0.25, -0.2) is 0 Å². The summed E-state index contributed by atoms with van der Waals surface area (Å²) < 4.78 is 13.0. The summed E-state index contributed by atoms with van der Waals surface area (Å²) in [5.74, 6) is 0.534. The van der Waals surface area contributed by atoms with Gasteiger partial charge in [0.1, 0.15) is 12.4 Å². The van der Waals surface area contributed by atoms with Crippen LogP contribution in [-0.4, -0.2) is 54.1 Å². The minimum absolute atomic E-state index is 0.177. The van der Waals surface area contributed by atoms with Crippen molar-refractivity contribution in [3.63, 3.8) is 0 Å². The third-order valence-corrected chi connectivity index (χ3v) is 6.34. The molecule has 0 amide bonds. The molecule has 2 fully saturated rings. The molecule has 5 rings (SSSR count). The monoisotopic (exact) mass is 444 g/mol. The second-order valence-electron chi connectivity index (χ2n) is 8.53. The lowest BCUT2D eigenvalue weighted by Crippen LogP contribution is -2.39. The van der Waals surface area contributed by atoms with E-state index in [9.17, 15) is 4.79 Å². The molecule has 0 spiro atoms. The fraction of sp³-hybridized carbons (Fsp3) is 0.308. The van der Waals surface area contributed by atoms with Gasteiger partial charge in [-0.3, -0.25) is 14.3 Å². The molecule has 2 N–H and O–H groups in total. The normalized spacial score (nSPS) is 19.5. The second kappa shape index (κ2) is 9.60. The number of anilines is 1. The largest absolute Gasteiger partial charge is 0.489 e. The Morgan fingerprint density at radius 2 is 2.03 bits per heavy atom. The summed E-state index contributed by atoms with van der Waals surface area (Å²) in [6.45, 7) is 4.02. The first kappa shape index (κ1) is 21.4. The Hall–Kier alpha value is -3.42. The highest BCUT2D eigenvalue weighted by molar-refractivity contribution is 5.86. The van der Waals surface area contributed by atoms with Gasteiger partial charge in [0.15, 0.2) is 0 Å². The van der Waals surface area contributed by atoms with Gasteiger partial charge in [-0.05, 0) is 36.2 Å². The Morgan fingerprint density at radius 1 is 1.15 bits per heavy atom. The highest BCUT2D eigenvalue weighted by atomic mass is 16.5. The molecular formula is C26H28N4O3. The number of aromatic nitrogens is 1. The average molecular weight is 445 g/mol. The first-order valence-corrected chi connectivity index (χ1v) is 11.3. The van der Waals surface area contributed by atoms with E-state index >= 15 is 0 Å². The molecule has 2 aliphatic rings. The molecule has 3 aromatic rings. The molecule has 170 valence electrons. The molecule has 2 saturated heterocycles. The predicted molar refractivity (Wildman–Crippen MR) is 129 cm³/mol. The van der Waals surface area contributed by atoms with Gasteiger partial charge in [0, 0.05) is 61.1 Å². The smallest absolute Gasteiger partial charge is 0.258 e. The summed E-state index contributed by atoms with van der Waals surface area (Å²) in [5, 5.41) is 11.3. The van der Waals surface area contributed by atoms with E-state index in [1.165, 1.54) is 12.3 Å². The Morgan fingerprint density at radius 3 is 2.76 bits per heavy atom. The van der Waals surface area contributed by atoms with Crippen molar-refractivity contribution in [2.24, 2.45) is 0 Å². The number of fused-ring (bicyclic) bond motifs is 2. The van der Waals surface area contributed by atoms with Crippen LogP contribution in [0.25, 0.3) is 5.69 Å². The average Bonchev–Trinajstić information content (AvgIpc) is 3.47. The standard InChI is InChI=1S/C26H28N4O3/c27-15-20-12-21(6-7-25(20)28-9-11-29-16-24-13-22(29)18-33-24)30-10-8-23(14-26(30)31)32-17-19-4-2-1-3-5-19/h1-8,10,12,14-15,22,24,27-28H,9,11,13,16-18H2. The minimum Gasteiger partial charge on any atom is -0.489 e. The van der Waals surface area contributed by atoms with E-state index in [2.05, 4.69) is 10.2 Å². The molecule has 3 heterocycles. The first-order valence-electron chi connectivity index (χ1n) is 11.3. The number of nitrogens with one attached hydrogen (secondary N) is 2. The zero-order valence-corrected chi connectivity index (χ0v) is 18.4. The maximum atomic E-state index is 12.7. The maximum absolute atomic E-state index is 12.7. The number of morpholine rings is 1. The first-order chi connectivity index (χ1) is 16.2. The van der Waals surface area contributed by atoms with Gasteiger partial charge in [-0.2, -0.15) is 0 Å². The molecule has 2 unspecified atom stereocenters. The Balaban J connectivity index is 1.23. The van der Waals surface area contributed by atoms with Crippen molar-refractivity contribution >= 4 is 11.9 Å². The molecule has 2 atom stereocenters. The van der Waals surface area contributed by atoms with E-state index in [0.717, 1.165) is 49.5 Å². The molecule has 2 aromatic carbocycles. The van der Waals surface area contributed by atoms with Crippen LogP contribution in [0.3, 0.4) is 0 Å². The van der Waals surface area contributed by atoms with E-state index in [0.29, 0.717) is 30.2 Å². The quantitative estimate of drug-likeness (QED) is 0.495. The van der Waals surface area contributed by atoms with Gasteiger partial charge >= 0.3 is 0 Å². The zero-order valence-electron chi connectivity index (χ0n) is 18.4. The van der Waals surface area contributed by atoms with Crippen LogP contribution in [0.1, 0.15) is 17.5 Å². The predicted octanol–water partition coefficient (Wildman–Crippen LogP) is 3.30. The molecular weight excluding hydrogens is 416 g/mol. The number of ether oxygens (including phenoxy) is 2. The fourth-order valence-corrected chi connectivity index (χ4v) is 4.57. The lowest BCUT2D eigenvalue weighted by Gasteiger charge is -2.26. The van der Waals surface area contributed by atoms with Crippen LogP contribution >= 0.6 is 0 Å². The summed E-state index contributed by atoms with van der Waals surface area (Å²) in [6, 6.07) is 19.4. The minimum atomic E-state index is -0.177. The number of hydrogen-bond donors (Lipinski definition) is 2. The summed E-state index contributed by atoms with van der Waals surface area (Å²) in [7, 11) is 0. The number of likely N-dealkylation sites (tertiary alicyclic amines) is 1. The van der Waals surface area contributed by atoms with Crippen LogP contribution in [0.4, 0.5) is 5.69 Å². The summed E-state index contributed by atoms with van der Waals surface area (Å²) in [4.78, 5) is 15.2. The molecule has 33 heavy (non-hydrogen) atoms. The van der Waals surface area contributed by atoms with Crippen LogP contribution in [0.5, 0.6) is 5.75 Å². The van der Waals surface area contributed by atoms with E-state index < -0.39 is 0 Å². The molecule has 0 aliphatic carbocycles. The molecule has 7 nitrogen and oxygen atoms in total. The maximum Gasteiger partial charge on any atom is 0.258 e. The van der Waals surface area contributed by atoms with Gasteiger partial charge < -0.3 is 20.2 Å². The van der Waals surface area contributed by atoms with Gasteiger partial charge in [-0.15, -0.1) is 0 Å². The fourth-order valence-electron chi connectivity index (χ4n) is 4.57. The molecule has 2 aliphatic heterocycles. The van der Waals surface area contributed by atoms with Gasteiger partial charge in [0.2, 0.25) is 0 Å². The zero-order chi connectivity index (χ0) is 22.6. The molecule has 1 aromatic heterocycles. The van der Waals surface area contributed by atoms with Crippen LogP contribution in [-0.2, 0) is 11.3 Å². The Kier molecular flexibility index (Phi) is 6.24. The van der Waals surface area contributed by atoms with Crippen molar-refractivity contribution in [3.8, 4) is 11.4 Å². The van der Waals surface area contributed by atoms with Crippen LogP contribution in [0.15, 0.2) is 71.7 Å². The molecule has 7 heteroatoms. The lowest BCUT2D eigenvalue weighted by molar-refractivity contribution is 0.0324. The summed E-state index contributed by atoms with van der Waals surface area (Å²) in [6.07, 6.45) is 4.58. The molecule has 2 bridgehead atoms.